The topological polar surface area (TPSA) is 29.1 Å². The maximum atomic E-state index is 10.9. The van der Waals surface area contributed by atoms with E-state index in [0.29, 0.717) is 0 Å². The summed E-state index contributed by atoms with van der Waals surface area (Å²) in [5.74, 6) is 0.774. The van der Waals surface area contributed by atoms with Crippen molar-refractivity contribution in [3.63, 3.8) is 0 Å². The molecule has 1 amide bonds. The minimum Gasteiger partial charge on any atom is -0.326 e. The molecule has 0 saturated carbocycles. The van der Waals surface area contributed by atoms with E-state index in [2.05, 4.69) is 5.32 Å². The number of hydrogen-bond donors (Lipinski definition) is 1. The van der Waals surface area contributed by atoms with Crippen molar-refractivity contribution in [3.8, 4) is 0 Å². The molecule has 0 aliphatic rings. The predicted molar refractivity (Wildman–Crippen MR) is 81.8 cm³/mol. The van der Waals surface area contributed by atoms with Crippen molar-refractivity contribution in [2.24, 2.45) is 0 Å². The molecular weight excluding hydrogens is 278 g/mol. The molecule has 19 heavy (non-hydrogen) atoms. The van der Waals surface area contributed by atoms with Crippen LogP contribution in [0, 0.1) is 0 Å². The zero-order valence-electron chi connectivity index (χ0n) is 10.5. The lowest BCUT2D eigenvalue weighted by molar-refractivity contribution is -0.114. The Bertz CT molecular complexity index is 569. The fourth-order valence-corrected chi connectivity index (χ4v) is 2.80. The molecule has 0 radical (unpaired) electrons. The Kier molecular flexibility index (Phi) is 4.88. The van der Waals surface area contributed by atoms with E-state index in [1.54, 1.807) is 11.8 Å². The Morgan fingerprint density at radius 3 is 2.47 bits per heavy atom. The lowest BCUT2D eigenvalue weighted by Gasteiger charge is -2.06. The first-order valence-electron chi connectivity index (χ1n) is 5.89. The smallest absolute Gasteiger partial charge is 0.221 e. The molecule has 0 aliphatic carbocycles. The number of anilines is 1. The van der Waals surface area contributed by atoms with Crippen LogP contribution in [0.2, 0.25) is 5.02 Å². The number of carbonyl (C=O) groups is 1. The molecule has 0 aromatic heterocycles. The first-order valence-corrected chi connectivity index (χ1v) is 7.25. The number of amides is 1. The van der Waals surface area contributed by atoms with Gasteiger partial charge in [-0.3, -0.25) is 4.79 Å². The van der Waals surface area contributed by atoms with Gasteiger partial charge in [-0.25, -0.2) is 0 Å². The third kappa shape index (κ3) is 4.30. The average Bonchev–Trinajstić information content (AvgIpc) is 2.39. The van der Waals surface area contributed by atoms with E-state index >= 15 is 0 Å². The van der Waals surface area contributed by atoms with Gasteiger partial charge >= 0.3 is 0 Å². The molecule has 0 bridgehead atoms. The van der Waals surface area contributed by atoms with Crippen LogP contribution in [0.3, 0.4) is 0 Å². The molecule has 2 aromatic rings. The summed E-state index contributed by atoms with van der Waals surface area (Å²) in [7, 11) is 0. The number of carbonyl (C=O) groups excluding carboxylic acids is 1. The Morgan fingerprint density at radius 1 is 1.16 bits per heavy atom. The summed E-state index contributed by atoms with van der Waals surface area (Å²) in [5.41, 5.74) is 1.94. The van der Waals surface area contributed by atoms with Crippen molar-refractivity contribution in [2.45, 2.75) is 17.6 Å². The van der Waals surface area contributed by atoms with Gasteiger partial charge in [-0.1, -0.05) is 29.8 Å². The van der Waals surface area contributed by atoms with Gasteiger partial charge in [0.2, 0.25) is 5.91 Å². The number of rotatable bonds is 4. The van der Waals surface area contributed by atoms with Gasteiger partial charge < -0.3 is 5.32 Å². The Labute approximate surface area is 122 Å². The lowest BCUT2D eigenvalue weighted by Crippen LogP contribution is -2.05. The largest absolute Gasteiger partial charge is 0.326 e. The van der Waals surface area contributed by atoms with Crippen LogP contribution in [0.1, 0.15) is 12.5 Å². The molecular formula is C15H14ClNOS. The summed E-state index contributed by atoms with van der Waals surface area (Å²) in [6, 6.07) is 15.6. The maximum absolute atomic E-state index is 10.9. The van der Waals surface area contributed by atoms with E-state index < -0.39 is 0 Å². The fraction of sp³-hybridized carbons (Fsp3) is 0.133. The van der Waals surface area contributed by atoms with Gasteiger partial charge in [0.25, 0.3) is 0 Å². The second-order valence-electron chi connectivity index (χ2n) is 4.09. The van der Waals surface area contributed by atoms with Crippen molar-refractivity contribution in [1.29, 1.82) is 0 Å². The molecule has 0 saturated heterocycles. The SMILES string of the molecule is CC(=O)Nc1ccc(SCc2ccccc2Cl)cc1. The summed E-state index contributed by atoms with van der Waals surface area (Å²) < 4.78 is 0. The monoisotopic (exact) mass is 291 g/mol. The van der Waals surface area contributed by atoms with Crippen molar-refractivity contribution < 1.29 is 4.79 Å². The van der Waals surface area contributed by atoms with Crippen LogP contribution in [0.15, 0.2) is 53.4 Å². The van der Waals surface area contributed by atoms with E-state index in [0.717, 1.165) is 26.9 Å². The highest BCUT2D eigenvalue weighted by Crippen LogP contribution is 2.27. The molecule has 2 nitrogen and oxygen atoms in total. The fourth-order valence-electron chi connectivity index (χ4n) is 1.61. The van der Waals surface area contributed by atoms with Gasteiger partial charge in [-0.15, -0.1) is 11.8 Å². The van der Waals surface area contributed by atoms with E-state index in [1.165, 1.54) is 6.92 Å². The van der Waals surface area contributed by atoms with Crippen LogP contribution in [-0.4, -0.2) is 5.91 Å². The second-order valence-corrected chi connectivity index (χ2v) is 5.54. The van der Waals surface area contributed by atoms with Crippen molar-refractivity contribution in [2.75, 3.05) is 5.32 Å². The summed E-state index contributed by atoms with van der Waals surface area (Å²) in [5, 5.41) is 3.54. The molecule has 0 spiro atoms. The van der Waals surface area contributed by atoms with Gasteiger partial charge in [0.1, 0.15) is 0 Å². The van der Waals surface area contributed by atoms with Crippen molar-refractivity contribution in [1.82, 2.24) is 0 Å². The standard InChI is InChI=1S/C15H14ClNOS/c1-11(18)17-13-6-8-14(9-7-13)19-10-12-4-2-3-5-15(12)16/h2-9H,10H2,1H3,(H,17,18). The summed E-state index contributed by atoms with van der Waals surface area (Å²) >= 11 is 7.83. The molecule has 2 rings (SSSR count). The molecule has 0 unspecified atom stereocenters. The number of nitrogens with one attached hydrogen (secondary N) is 1. The number of hydrogen-bond acceptors (Lipinski definition) is 2. The molecule has 1 N–H and O–H groups in total. The maximum Gasteiger partial charge on any atom is 0.221 e. The molecule has 2 aromatic carbocycles. The van der Waals surface area contributed by atoms with E-state index in [-0.39, 0.29) is 5.91 Å². The van der Waals surface area contributed by atoms with Crippen LogP contribution in [0.25, 0.3) is 0 Å². The van der Waals surface area contributed by atoms with Gasteiger partial charge in [-0.05, 0) is 35.9 Å². The molecule has 0 atom stereocenters. The average molecular weight is 292 g/mol. The number of benzene rings is 2. The van der Waals surface area contributed by atoms with Crippen LogP contribution >= 0.6 is 23.4 Å². The normalized spacial score (nSPS) is 10.2. The Balaban J connectivity index is 1.97. The summed E-state index contributed by atoms with van der Waals surface area (Å²) in [6.45, 7) is 1.50. The van der Waals surface area contributed by atoms with Gasteiger partial charge in [0.05, 0.1) is 0 Å². The van der Waals surface area contributed by atoms with Crippen LogP contribution in [-0.2, 0) is 10.5 Å². The third-order valence-corrected chi connectivity index (χ3v) is 3.96. The first-order chi connectivity index (χ1) is 9.15. The predicted octanol–water partition coefficient (Wildman–Crippen LogP) is 4.59. The van der Waals surface area contributed by atoms with E-state index in [1.807, 2.05) is 48.5 Å². The van der Waals surface area contributed by atoms with Crippen molar-refractivity contribution >= 4 is 35.0 Å². The summed E-state index contributed by atoms with van der Waals surface area (Å²) in [4.78, 5) is 12.1. The minimum absolute atomic E-state index is 0.0588. The lowest BCUT2D eigenvalue weighted by atomic mass is 10.2. The molecule has 0 aliphatic heterocycles. The summed E-state index contributed by atoms with van der Waals surface area (Å²) in [6.07, 6.45) is 0. The highest BCUT2D eigenvalue weighted by molar-refractivity contribution is 7.98. The van der Waals surface area contributed by atoms with Gasteiger partial charge in [0, 0.05) is 28.3 Å². The minimum atomic E-state index is -0.0588. The zero-order chi connectivity index (χ0) is 13.7. The highest BCUT2D eigenvalue weighted by atomic mass is 35.5. The second kappa shape index (κ2) is 6.64. The molecule has 4 heteroatoms. The van der Waals surface area contributed by atoms with E-state index in [4.69, 9.17) is 11.6 Å². The first kappa shape index (κ1) is 14.0. The van der Waals surface area contributed by atoms with Crippen molar-refractivity contribution in [3.05, 3.63) is 59.1 Å². The van der Waals surface area contributed by atoms with E-state index in [9.17, 15) is 4.79 Å². The van der Waals surface area contributed by atoms with Gasteiger partial charge in [0.15, 0.2) is 0 Å². The Hall–Kier alpha value is -1.45. The molecule has 98 valence electrons. The molecule has 0 heterocycles. The van der Waals surface area contributed by atoms with Crippen LogP contribution < -0.4 is 5.32 Å². The van der Waals surface area contributed by atoms with Crippen LogP contribution in [0.5, 0.6) is 0 Å². The number of halogens is 1. The quantitative estimate of drug-likeness (QED) is 0.835. The van der Waals surface area contributed by atoms with Gasteiger partial charge in [-0.2, -0.15) is 0 Å². The number of thioether (sulfide) groups is 1. The molecule has 0 fully saturated rings. The van der Waals surface area contributed by atoms with Crippen LogP contribution in [0.4, 0.5) is 5.69 Å². The third-order valence-electron chi connectivity index (χ3n) is 2.53. The zero-order valence-corrected chi connectivity index (χ0v) is 12.1. The Morgan fingerprint density at radius 2 is 1.84 bits per heavy atom. The highest BCUT2D eigenvalue weighted by Gasteiger charge is 2.01.